The summed E-state index contributed by atoms with van der Waals surface area (Å²) in [6.07, 6.45) is -1.06. The maximum atomic E-state index is 11.7. The van der Waals surface area contributed by atoms with Gasteiger partial charge in [-0.15, -0.1) is 0 Å². The number of nitrogens with one attached hydrogen (secondary N) is 2. The molecule has 0 spiro atoms. The summed E-state index contributed by atoms with van der Waals surface area (Å²) >= 11 is 0. The molecule has 0 aliphatic carbocycles. The molecule has 18 heavy (non-hydrogen) atoms. The Morgan fingerprint density at radius 1 is 1.39 bits per heavy atom. The van der Waals surface area contributed by atoms with Crippen LogP contribution in [0.15, 0.2) is 0 Å². The maximum Gasteiger partial charge on any atom is 0.411 e. The minimum Gasteiger partial charge on any atom is -0.372 e. The molecule has 2 N–H and O–H groups in total. The lowest BCUT2D eigenvalue weighted by molar-refractivity contribution is -0.174. The highest BCUT2D eigenvalue weighted by molar-refractivity contribution is 5.75. The molecule has 1 heterocycles. The van der Waals surface area contributed by atoms with Gasteiger partial charge < -0.3 is 15.4 Å². The molecule has 1 atom stereocenters. The number of alkyl halides is 3. The van der Waals surface area contributed by atoms with Crippen molar-refractivity contribution in [3.05, 3.63) is 0 Å². The van der Waals surface area contributed by atoms with Gasteiger partial charge in [-0.1, -0.05) is 6.42 Å². The summed E-state index contributed by atoms with van der Waals surface area (Å²) in [7, 11) is 0. The van der Waals surface area contributed by atoms with Crippen LogP contribution < -0.4 is 10.6 Å². The van der Waals surface area contributed by atoms with Crippen molar-refractivity contribution in [2.75, 3.05) is 26.3 Å². The molecule has 4 nitrogen and oxygen atoms in total. The molecule has 0 radical (unpaired) electrons. The summed E-state index contributed by atoms with van der Waals surface area (Å²) in [6, 6.07) is 0.277. The lowest BCUT2D eigenvalue weighted by Crippen LogP contribution is -2.43. The van der Waals surface area contributed by atoms with E-state index in [4.69, 9.17) is 0 Å². The van der Waals surface area contributed by atoms with Crippen LogP contribution in [0.1, 0.15) is 25.7 Å². The van der Waals surface area contributed by atoms with Crippen LogP contribution in [0.2, 0.25) is 0 Å². The molecule has 0 aromatic rings. The number of hydrogen-bond donors (Lipinski definition) is 2. The molecule has 0 aromatic heterocycles. The Bertz CT molecular complexity index is 253. The van der Waals surface area contributed by atoms with Gasteiger partial charge in [-0.3, -0.25) is 4.79 Å². The maximum absolute atomic E-state index is 11.7. The van der Waals surface area contributed by atoms with Gasteiger partial charge >= 0.3 is 6.18 Å². The van der Waals surface area contributed by atoms with Crippen molar-refractivity contribution >= 4 is 5.91 Å². The highest BCUT2D eigenvalue weighted by Crippen LogP contribution is 2.14. The molecule has 106 valence electrons. The average molecular weight is 268 g/mol. The zero-order chi connectivity index (χ0) is 13.4. The van der Waals surface area contributed by atoms with Crippen LogP contribution in [0.25, 0.3) is 0 Å². The van der Waals surface area contributed by atoms with Gasteiger partial charge in [0.25, 0.3) is 0 Å². The van der Waals surface area contributed by atoms with E-state index in [0.29, 0.717) is 6.54 Å². The lowest BCUT2D eigenvalue weighted by atomic mass is 10.1. The zero-order valence-electron chi connectivity index (χ0n) is 10.2. The van der Waals surface area contributed by atoms with Crippen molar-refractivity contribution in [1.82, 2.24) is 10.6 Å². The second-order valence-electron chi connectivity index (χ2n) is 4.37. The van der Waals surface area contributed by atoms with Crippen molar-refractivity contribution < 1.29 is 22.7 Å². The number of rotatable bonds is 6. The van der Waals surface area contributed by atoms with Gasteiger partial charge in [0.1, 0.15) is 6.61 Å². The predicted molar refractivity (Wildman–Crippen MR) is 60.1 cm³/mol. The van der Waals surface area contributed by atoms with E-state index in [9.17, 15) is 18.0 Å². The summed E-state index contributed by atoms with van der Waals surface area (Å²) in [5, 5.41) is 5.95. The quantitative estimate of drug-likeness (QED) is 0.712. The Hall–Kier alpha value is -0.820. The Morgan fingerprint density at radius 3 is 2.78 bits per heavy atom. The summed E-state index contributed by atoms with van der Waals surface area (Å²) in [5.74, 6) is -0.274. The lowest BCUT2D eigenvalue weighted by Gasteiger charge is -2.23. The second-order valence-corrected chi connectivity index (χ2v) is 4.37. The topological polar surface area (TPSA) is 50.4 Å². The molecule has 0 aromatic carbocycles. The van der Waals surface area contributed by atoms with Crippen LogP contribution in [-0.4, -0.2) is 44.4 Å². The second kappa shape index (κ2) is 7.58. The number of hydrogen-bond acceptors (Lipinski definition) is 3. The zero-order valence-corrected chi connectivity index (χ0v) is 10.2. The van der Waals surface area contributed by atoms with Crippen LogP contribution in [0.4, 0.5) is 13.2 Å². The van der Waals surface area contributed by atoms with E-state index in [1.165, 1.54) is 0 Å². The summed E-state index contributed by atoms with van der Waals surface area (Å²) in [4.78, 5) is 11.3. The highest BCUT2D eigenvalue weighted by Gasteiger charge is 2.27. The van der Waals surface area contributed by atoms with Crippen molar-refractivity contribution in [1.29, 1.82) is 0 Å². The fraction of sp³-hybridized carbons (Fsp3) is 0.909. The van der Waals surface area contributed by atoms with Crippen LogP contribution in [0.3, 0.4) is 0 Å². The van der Waals surface area contributed by atoms with E-state index >= 15 is 0 Å². The standard InChI is InChI=1S/C11H19F3N2O2/c12-11(13,14)8-18-6-4-10(17)16-7-9-3-1-2-5-15-9/h9,15H,1-8H2,(H,16,17). The summed E-state index contributed by atoms with van der Waals surface area (Å²) in [6.45, 7) is -0.0266. The molecule has 1 fully saturated rings. The minimum atomic E-state index is -4.33. The monoisotopic (exact) mass is 268 g/mol. The molecule has 0 bridgehead atoms. The Morgan fingerprint density at radius 2 is 2.17 bits per heavy atom. The first kappa shape index (κ1) is 15.2. The van der Waals surface area contributed by atoms with Gasteiger partial charge in [-0.25, -0.2) is 0 Å². The van der Waals surface area contributed by atoms with Crippen molar-refractivity contribution in [3.63, 3.8) is 0 Å². The van der Waals surface area contributed by atoms with Gasteiger partial charge in [0.15, 0.2) is 0 Å². The van der Waals surface area contributed by atoms with Crippen molar-refractivity contribution in [2.24, 2.45) is 0 Å². The molecule has 1 amide bonds. The summed E-state index contributed by atoms with van der Waals surface area (Å²) < 4.78 is 39.6. The van der Waals surface area contributed by atoms with Crippen LogP contribution in [0, 0.1) is 0 Å². The van der Waals surface area contributed by atoms with Gasteiger partial charge in [0.2, 0.25) is 5.91 Å². The van der Waals surface area contributed by atoms with Gasteiger partial charge in [-0.2, -0.15) is 13.2 Å². The average Bonchev–Trinajstić information content (AvgIpc) is 2.32. The van der Waals surface area contributed by atoms with Crippen LogP contribution in [0.5, 0.6) is 0 Å². The molecule has 1 unspecified atom stereocenters. The Labute approximate surface area is 104 Å². The van der Waals surface area contributed by atoms with E-state index in [1.807, 2.05) is 0 Å². The normalized spacial score (nSPS) is 20.7. The number of ether oxygens (including phenoxy) is 1. The first-order chi connectivity index (χ1) is 8.47. The third kappa shape index (κ3) is 7.50. The number of carbonyl (C=O) groups is 1. The number of halogens is 3. The van der Waals surface area contributed by atoms with E-state index in [0.717, 1.165) is 25.8 Å². The molecule has 0 saturated carbocycles. The van der Waals surface area contributed by atoms with E-state index in [1.54, 1.807) is 0 Å². The number of piperidine rings is 1. The fourth-order valence-corrected chi connectivity index (χ4v) is 1.78. The van der Waals surface area contributed by atoms with Gasteiger partial charge in [0.05, 0.1) is 6.61 Å². The van der Waals surface area contributed by atoms with Crippen LogP contribution >= 0.6 is 0 Å². The highest BCUT2D eigenvalue weighted by atomic mass is 19.4. The van der Waals surface area contributed by atoms with Gasteiger partial charge in [0, 0.05) is 19.0 Å². The molecule has 1 aliphatic rings. The first-order valence-corrected chi connectivity index (χ1v) is 6.12. The summed E-state index contributed by atoms with van der Waals surface area (Å²) in [5.41, 5.74) is 0. The van der Waals surface area contributed by atoms with E-state index < -0.39 is 12.8 Å². The smallest absolute Gasteiger partial charge is 0.372 e. The van der Waals surface area contributed by atoms with Crippen LogP contribution in [-0.2, 0) is 9.53 Å². The third-order valence-electron chi connectivity index (χ3n) is 2.70. The SMILES string of the molecule is O=C(CCOCC(F)(F)F)NCC1CCCCN1. The third-order valence-corrected chi connectivity index (χ3v) is 2.70. The fourth-order valence-electron chi connectivity index (χ4n) is 1.78. The molecule has 1 rings (SSSR count). The minimum absolute atomic E-state index is 0.0389. The Balaban J connectivity index is 2.00. The predicted octanol–water partition coefficient (Wildman–Crippen LogP) is 1.21. The molecule has 1 aliphatic heterocycles. The van der Waals surface area contributed by atoms with E-state index in [2.05, 4.69) is 15.4 Å². The molecule has 1 saturated heterocycles. The van der Waals surface area contributed by atoms with Gasteiger partial charge in [-0.05, 0) is 19.4 Å². The largest absolute Gasteiger partial charge is 0.411 e. The Kier molecular flexibility index (Phi) is 6.42. The molecule has 7 heteroatoms. The van der Waals surface area contributed by atoms with Crippen molar-refractivity contribution in [3.8, 4) is 0 Å². The van der Waals surface area contributed by atoms with Crippen molar-refractivity contribution in [2.45, 2.75) is 37.9 Å². The first-order valence-electron chi connectivity index (χ1n) is 6.12. The molecular formula is C11H19F3N2O2. The molecular weight excluding hydrogens is 249 g/mol. The number of amides is 1. The number of carbonyl (C=O) groups excluding carboxylic acids is 1. The van der Waals surface area contributed by atoms with E-state index in [-0.39, 0.29) is 25.0 Å².